The van der Waals surface area contributed by atoms with E-state index in [1.54, 1.807) is 0 Å². The van der Waals surface area contributed by atoms with E-state index in [1.807, 2.05) is 91.0 Å². The fourth-order valence-electron chi connectivity index (χ4n) is 3.98. The van der Waals surface area contributed by atoms with Crippen LogP contribution in [0.4, 0.5) is 0 Å². The van der Waals surface area contributed by atoms with Gasteiger partial charge in [-0.25, -0.2) is 5.48 Å². The number of carboxylic acids is 2. The van der Waals surface area contributed by atoms with E-state index in [9.17, 15) is 14.4 Å². The molecule has 3 N–H and O–H groups in total. The summed E-state index contributed by atoms with van der Waals surface area (Å²) >= 11 is 0. The summed E-state index contributed by atoms with van der Waals surface area (Å²) in [7, 11) is -0.907. The van der Waals surface area contributed by atoms with Crippen LogP contribution in [0.1, 0.15) is 36.0 Å². The lowest BCUT2D eigenvalue weighted by atomic mass is 9.80. The first kappa shape index (κ1) is 27.1. The van der Waals surface area contributed by atoms with Crippen LogP contribution in [-0.2, 0) is 24.8 Å². The van der Waals surface area contributed by atoms with Crippen molar-refractivity contribution in [2.24, 2.45) is 0 Å². The van der Waals surface area contributed by atoms with E-state index in [4.69, 9.17) is 15.1 Å². The van der Waals surface area contributed by atoms with E-state index in [2.05, 4.69) is 5.48 Å². The fraction of sp³-hybridized carbons (Fsp3) is 0.250. The van der Waals surface area contributed by atoms with Gasteiger partial charge in [-0.3, -0.25) is 19.2 Å². The van der Waals surface area contributed by atoms with Crippen molar-refractivity contribution < 1.29 is 29.4 Å². The van der Waals surface area contributed by atoms with Crippen molar-refractivity contribution >= 4 is 25.8 Å². The minimum Gasteiger partial charge on any atom is -0.481 e. The van der Waals surface area contributed by atoms with Crippen molar-refractivity contribution in [1.29, 1.82) is 0 Å². The number of amides is 1. The molecule has 7 nitrogen and oxygen atoms in total. The lowest BCUT2D eigenvalue weighted by Gasteiger charge is -2.35. The zero-order valence-corrected chi connectivity index (χ0v) is 20.8. The molecule has 188 valence electrons. The normalized spacial score (nSPS) is 11.2. The number of carbonyl (C=O) groups excluding carboxylic acids is 1. The van der Waals surface area contributed by atoms with Crippen LogP contribution in [-0.4, -0.2) is 46.5 Å². The average Bonchev–Trinajstić information content (AvgIpc) is 2.90. The van der Waals surface area contributed by atoms with Crippen LogP contribution < -0.4 is 5.48 Å². The monoisotopic (exact) mass is 507 g/mol. The predicted octanol–water partition coefficient (Wildman–Crippen LogP) is 4.85. The van der Waals surface area contributed by atoms with Gasteiger partial charge in [-0.15, -0.1) is 7.92 Å². The molecule has 0 saturated heterocycles. The molecule has 0 fully saturated rings. The second-order valence-electron chi connectivity index (χ2n) is 8.29. The Labute approximate surface area is 211 Å². The standard InChI is InChI=1S/C28H30NO6P/c30-25(16-19-36(20-17-26(31)32)21-18-27(33)34)29-35-28(22-10-4-1-5-11-22,23-12-6-2-7-13-23)24-14-8-3-9-15-24/h1-15H,16-21H2,(H,29,30)(H,31,32)(H,33,34). The van der Waals surface area contributed by atoms with Gasteiger partial charge in [-0.1, -0.05) is 91.0 Å². The summed E-state index contributed by atoms with van der Waals surface area (Å²) in [6.07, 6.45) is 1.23. The van der Waals surface area contributed by atoms with Crippen LogP contribution in [0.3, 0.4) is 0 Å². The van der Waals surface area contributed by atoms with Crippen molar-refractivity contribution in [3.05, 3.63) is 108 Å². The summed E-state index contributed by atoms with van der Waals surface area (Å²) < 4.78 is 0. The number of benzene rings is 3. The molecule has 3 aromatic rings. The van der Waals surface area contributed by atoms with Crippen LogP contribution in [0.15, 0.2) is 91.0 Å². The third kappa shape index (κ3) is 7.48. The molecule has 0 bridgehead atoms. The van der Waals surface area contributed by atoms with Crippen molar-refractivity contribution in [1.82, 2.24) is 5.48 Å². The van der Waals surface area contributed by atoms with E-state index in [1.165, 1.54) is 0 Å². The molecule has 3 aromatic carbocycles. The van der Waals surface area contributed by atoms with Gasteiger partial charge in [0, 0.05) is 19.3 Å². The molecule has 0 heterocycles. The molecule has 8 heteroatoms. The fourth-order valence-corrected chi connectivity index (χ4v) is 6.19. The molecule has 36 heavy (non-hydrogen) atoms. The molecule has 1 amide bonds. The number of carbonyl (C=O) groups is 3. The number of hydrogen-bond donors (Lipinski definition) is 3. The Balaban J connectivity index is 1.82. The SMILES string of the molecule is O=C(O)CCP(CCC(=O)O)CCC(=O)NOC(c1ccccc1)(c1ccccc1)c1ccccc1. The Bertz CT molecular complexity index is 1010. The van der Waals surface area contributed by atoms with Gasteiger partial charge in [0.2, 0.25) is 5.91 Å². The largest absolute Gasteiger partial charge is 0.481 e. The van der Waals surface area contributed by atoms with Crippen molar-refractivity contribution in [3.63, 3.8) is 0 Å². The number of carboxylic acid groups (broad SMARTS) is 2. The van der Waals surface area contributed by atoms with E-state index in [0.717, 1.165) is 16.7 Å². The zero-order chi connectivity index (χ0) is 25.8. The summed E-state index contributed by atoms with van der Waals surface area (Å²) in [6, 6.07) is 28.9. The first-order valence-corrected chi connectivity index (χ1v) is 13.6. The molecule has 0 aliphatic heterocycles. The molecule has 0 radical (unpaired) electrons. The van der Waals surface area contributed by atoms with Crippen LogP contribution in [0, 0.1) is 0 Å². The Kier molecular flexibility index (Phi) is 10.2. The van der Waals surface area contributed by atoms with Crippen LogP contribution in [0.2, 0.25) is 0 Å². The Hall–Kier alpha value is -3.54. The first-order chi connectivity index (χ1) is 17.4. The molecule has 0 saturated carbocycles. The number of hydroxylamine groups is 1. The van der Waals surface area contributed by atoms with Crippen LogP contribution >= 0.6 is 7.92 Å². The molecule has 0 spiro atoms. The summed E-state index contributed by atoms with van der Waals surface area (Å²) in [5.74, 6) is -2.20. The molecule has 0 aliphatic rings. The van der Waals surface area contributed by atoms with E-state index >= 15 is 0 Å². The zero-order valence-electron chi connectivity index (χ0n) is 19.9. The van der Waals surface area contributed by atoms with E-state index in [-0.39, 0.29) is 25.2 Å². The number of rotatable bonds is 14. The van der Waals surface area contributed by atoms with Crippen molar-refractivity contribution in [2.75, 3.05) is 18.5 Å². The maximum atomic E-state index is 12.9. The van der Waals surface area contributed by atoms with Gasteiger partial charge in [-0.2, -0.15) is 0 Å². The maximum Gasteiger partial charge on any atom is 0.303 e. The second-order valence-corrected chi connectivity index (χ2v) is 11.0. The smallest absolute Gasteiger partial charge is 0.303 e. The first-order valence-electron chi connectivity index (χ1n) is 11.7. The van der Waals surface area contributed by atoms with Gasteiger partial charge in [0.15, 0.2) is 5.60 Å². The average molecular weight is 508 g/mol. The van der Waals surface area contributed by atoms with Gasteiger partial charge in [0.1, 0.15) is 0 Å². The van der Waals surface area contributed by atoms with Gasteiger partial charge in [0.25, 0.3) is 0 Å². The van der Waals surface area contributed by atoms with Gasteiger partial charge >= 0.3 is 11.9 Å². The third-order valence-electron chi connectivity index (χ3n) is 5.80. The molecule has 0 aromatic heterocycles. The highest BCUT2D eigenvalue weighted by Gasteiger charge is 2.39. The lowest BCUT2D eigenvalue weighted by molar-refractivity contribution is -0.143. The molecule has 0 unspecified atom stereocenters. The summed E-state index contributed by atoms with van der Waals surface area (Å²) in [5.41, 5.74) is 4.06. The quantitative estimate of drug-likeness (QED) is 0.163. The highest BCUT2D eigenvalue weighted by Crippen LogP contribution is 2.40. The van der Waals surface area contributed by atoms with E-state index in [0.29, 0.717) is 18.5 Å². The summed E-state index contributed by atoms with van der Waals surface area (Å²) in [6.45, 7) is 0. The minimum atomic E-state index is -1.10. The highest BCUT2D eigenvalue weighted by molar-refractivity contribution is 7.57. The summed E-state index contributed by atoms with van der Waals surface area (Å²) in [4.78, 5) is 41.2. The second kappa shape index (κ2) is 13.5. The van der Waals surface area contributed by atoms with Gasteiger partial charge < -0.3 is 10.2 Å². The molecule has 0 aliphatic carbocycles. The Morgan fingerprint density at radius 2 is 1.00 bits per heavy atom. The molecular formula is C28H30NO6P. The predicted molar refractivity (Wildman–Crippen MR) is 139 cm³/mol. The number of nitrogens with one attached hydrogen (secondary N) is 1. The van der Waals surface area contributed by atoms with Crippen molar-refractivity contribution in [3.8, 4) is 0 Å². The van der Waals surface area contributed by atoms with Crippen LogP contribution in [0.25, 0.3) is 0 Å². The Morgan fingerprint density at radius 3 is 1.36 bits per heavy atom. The molecule has 0 atom stereocenters. The minimum absolute atomic E-state index is 0.0391. The Morgan fingerprint density at radius 1 is 0.639 bits per heavy atom. The number of aliphatic carboxylic acids is 2. The van der Waals surface area contributed by atoms with Crippen LogP contribution in [0.5, 0.6) is 0 Å². The highest BCUT2D eigenvalue weighted by atomic mass is 31.1. The molecule has 3 rings (SSSR count). The van der Waals surface area contributed by atoms with Gasteiger partial charge in [0.05, 0.1) is 0 Å². The van der Waals surface area contributed by atoms with Gasteiger partial charge in [-0.05, 0) is 35.2 Å². The maximum absolute atomic E-state index is 12.9. The van der Waals surface area contributed by atoms with E-state index < -0.39 is 25.5 Å². The topological polar surface area (TPSA) is 113 Å². The summed E-state index contributed by atoms with van der Waals surface area (Å²) in [5, 5.41) is 18.0. The number of hydrogen-bond acceptors (Lipinski definition) is 4. The van der Waals surface area contributed by atoms with Crippen molar-refractivity contribution in [2.45, 2.75) is 24.9 Å². The molecular weight excluding hydrogens is 477 g/mol. The third-order valence-corrected chi connectivity index (χ3v) is 8.37. The lowest BCUT2D eigenvalue weighted by Crippen LogP contribution is -2.40.